The van der Waals surface area contributed by atoms with Gasteiger partial charge in [0.05, 0.1) is 4.92 Å². The molecule has 0 heterocycles. The van der Waals surface area contributed by atoms with Gasteiger partial charge >= 0.3 is 0 Å². The molecule has 2 atom stereocenters. The maximum atomic E-state index is 11.1. The van der Waals surface area contributed by atoms with E-state index in [0.29, 0.717) is 17.4 Å². The fourth-order valence-electron chi connectivity index (χ4n) is 3.64. The molecule has 2 rings (SSSR count). The number of benzene rings is 1. The van der Waals surface area contributed by atoms with Crippen molar-refractivity contribution in [2.75, 3.05) is 7.05 Å². The van der Waals surface area contributed by atoms with Gasteiger partial charge in [0.15, 0.2) is 0 Å². The van der Waals surface area contributed by atoms with Crippen LogP contribution in [0.4, 0.5) is 5.69 Å². The summed E-state index contributed by atoms with van der Waals surface area (Å²) in [6.45, 7) is 4.63. The van der Waals surface area contributed by atoms with E-state index in [0.717, 1.165) is 12.0 Å². The van der Waals surface area contributed by atoms with Gasteiger partial charge < -0.3 is 5.32 Å². The van der Waals surface area contributed by atoms with Crippen molar-refractivity contribution in [1.82, 2.24) is 5.32 Å². The quantitative estimate of drug-likeness (QED) is 0.661. The first-order chi connectivity index (χ1) is 9.45. The summed E-state index contributed by atoms with van der Waals surface area (Å²) in [6.07, 6.45) is 4.43. The molecule has 110 valence electrons. The monoisotopic (exact) mass is 276 g/mol. The van der Waals surface area contributed by atoms with Crippen LogP contribution >= 0.6 is 0 Å². The molecule has 0 radical (unpaired) electrons. The third kappa shape index (κ3) is 3.01. The van der Waals surface area contributed by atoms with Crippen molar-refractivity contribution in [2.24, 2.45) is 11.3 Å². The molecule has 1 aromatic rings. The van der Waals surface area contributed by atoms with Crippen molar-refractivity contribution in [3.63, 3.8) is 0 Å². The highest BCUT2D eigenvalue weighted by Gasteiger charge is 2.39. The smallest absolute Gasteiger partial charge is 0.272 e. The molecule has 0 saturated heterocycles. The third-order valence-corrected chi connectivity index (χ3v) is 4.82. The van der Waals surface area contributed by atoms with E-state index in [1.54, 1.807) is 12.1 Å². The number of nitrogens with one attached hydrogen (secondary N) is 1. The molecule has 4 heteroatoms. The van der Waals surface area contributed by atoms with Gasteiger partial charge in [-0.15, -0.1) is 0 Å². The molecule has 2 unspecified atom stereocenters. The van der Waals surface area contributed by atoms with Gasteiger partial charge in [0, 0.05) is 17.7 Å². The fourth-order valence-corrected chi connectivity index (χ4v) is 3.64. The van der Waals surface area contributed by atoms with Crippen LogP contribution in [0.15, 0.2) is 24.3 Å². The predicted molar refractivity (Wildman–Crippen MR) is 80.8 cm³/mol. The Bertz CT molecular complexity index is 485. The second-order valence-electron chi connectivity index (χ2n) is 6.47. The first-order valence-corrected chi connectivity index (χ1v) is 7.35. The first-order valence-electron chi connectivity index (χ1n) is 7.35. The summed E-state index contributed by atoms with van der Waals surface area (Å²) in [6, 6.07) is 7.39. The molecule has 1 aromatic carbocycles. The molecule has 0 aliphatic heterocycles. The summed E-state index contributed by atoms with van der Waals surface area (Å²) in [7, 11) is 1.97. The normalized spacial score (nSPS) is 22.6. The Labute approximate surface area is 120 Å². The van der Waals surface area contributed by atoms with Gasteiger partial charge in [-0.1, -0.05) is 38.5 Å². The highest BCUT2D eigenvalue weighted by molar-refractivity contribution is 5.40. The molecule has 0 spiro atoms. The second-order valence-corrected chi connectivity index (χ2v) is 6.47. The van der Waals surface area contributed by atoms with Crippen molar-refractivity contribution in [3.8, 4) is 0 Å². The second kappa shape index (κ2) is 5.92. The largest absolute Gasteiger partial charge is 0.316 e. The van der Waals surface area contributed by atoms with E-state index in [-0.39, 0.29) is 10.6 Å². The number of hydrogen-bond donors (Lipinski definition) is 1. The summed E-state index contributed by atoms with van der Waals surface area (Å²) >= 11 is 0. The lowest BCUT2D eigenvalue weighted by Gasteiger charge is -2.34. The van der Waals surface area contributed by atoms with E-state index in [9.17, 15) is 10.1 Å². The Morgan fingerprint density at radius 2 is 2.15 bits per heavy atom. The van der Waals surface area contributed by atoms with Gasteiger partial charge in [-0.2, -0.15) is 0 Å². The number of hydrogen-bond acceptors (Lipinski definition) is 3. The Hall–Kier alpha value is -1.42. The van der Waals surface area contributed by atoms with Crippen LogP contribution in [0.25, 0.3) is 0 Å². The summed E-state index contributed by atoms with van der Waals surface area (Å²) in [5.41, 5.74) is 1.39. The van der Waals surface area contributed by atoms with Crippen molar-refractivity contribution < 1.29 is 4.92 Å². The topological polar surface area (TPSA) is 55.2 Å². The maximum absolute atomic E-state index is 11.1. The molecular formula is C16H24N2O2. The van der Waals surface area contributed by atoms with Gasteiger partial charge in [-0.05, 0) is 37.6 Å². The molecule has 0 aromatic heterocycles. The summed E-state index contributed by atoms with van der Waals surface area (Å²) < 4.78 is 0. The van der Waals surface area contributed by atoms with E-state index in [4.69, 9.17) is 0 Å². The summed E-state index contributed by atoms with van der Waals surface area (Å²) in [4.78, 5) is 10.8. The highest BCUT2D eigenvalue weighted by atomic mass is 16.6. The number of nitro groups is 1. The maximum Gasteiger partial charge on any atom is 0.272 e. The van der Waals surface area contributed by atoms with E-state index in [1.807, 2.05) is 19.2 Å². The molecule has 0 amide bonds. The molecule has 0 bridgehead atoms. The van der Waals surface area contributed by atoms with Crippen molar-refractivity contribution in [1.29, 1.82) is 0 Å². The van der Waals surface area contributed by atoms with Gasteiger partial charge in [0.25, 0.3) is 5.69 Å². The minimum absolute atomic E-state index is 0.239. The van der Waals surface area contributed by atoms with Gasteiger partial charge in [0.1, 0.15) is 0 Å². The average Bonchev–Trinajstić information content (AvgIpc) is 2.76. The fraction of sp³-hybridized carbons (Fsp3) is 0.625. The highest BCUT2D eigenvalue weighted by Crippen LogP contribution is 2.45. The Balaban J connectivity index is 2.21. The average molecular weight is 276 g/mol. The number of likely N-dealkylation sites (N-methyl/N-ethyl adjacent to an activating group) is 1. The van der Waals surface area contributed by atoms with Gasteiger partial charge in [0.2, 0.25) is 0 Å². The summed E-state index contributed by atoms with van der Waals surface area (Å²) in [5.74, 6) is 0.576. The van der Waals surface area contributed by atoms with Gasteiger partial charge in [-0.3, -0.25) is 10.1 Å². The number of nitro benzene ring substituents is 1. The van der Waals surface area contributed by atoms with Crippen LogP contribution in [-0.2, 0) is 6.42 Å². The van der Waals surface area contributed by atoms with E-state index < -0.39 is 0 Å². The number of nitrogens with zero attached hydrogens (tertiary/aromatic N) is 1. The molecule has 20 heavy (non-hydrogen) atoms. The zero-order valence-electron chi connectivity index (χ0n) is 12.6. The lowest BCUT2D eigenvalue weighted by atomic mass is 9.76. The lowest BCUT2D eigenvalue weighted by molar-refractivity contribution is -0.385. The molecule has 1 saturated carbocycles. The molecule has 4 nitrogen and oxygen atoms in total. The molecule has 1 aliphatic rings. The van der Waals surface area contributed by atoms with Crippen molar-refractivity contribution in [3.05, 3.63) is 39.9 Å². The zero-order chi connectivity index (χ0) is 14.8. The number of para-hydroxylation sites is 1. The Morgan fingerprint density at radius 3 is 2.70 bits per heavy atom. The van der Waals surface area contributed by atoms with Crippen molar-refractivity contribution in [2.45, 2.75) is 45.6 Å². The molecule has 1 N–H and O–H groups in total. The van der Waals surface area contributed by atoms with Crippen LogP contribution in [0.5, 0.6) is 0 Å². The molecule has 1 aliphatic carbocycles. The minimum atomic E-state index is -0.276. The molecular weight excluding hydrogens is 252 g/mol. The van der Waals surface area contributed by atoms with Crippen LogP contribution < -0.4 is 5.32 Å². The van der Waals surface area contributed by atoms with E-state index in [1.165, 1.54) is 19.3 Å². The SMILES string of the molecule is CNC(Cc1ccccc1[N+](=O)[O-])C1CCCC1(C)C. The van der Waals surface area contributed by atoms with Crippen LogP contribution in [0.1, 0.15) is 38.7 Å². The lowest BCUT2D eigenvalue weighted by Crippen LogP contribution is -2.40. The van der Waals surface area contributed by atoms with E-state index >= 15 is 0 Å². The van der Waals surface area contributed by atoms with E-state index in [2.05, 4.69) is 19.2 Å². The van der Waals surface area contributed by atoms with Crippen LogP contribution in [-0.4, -0.2) is 18.0 Å². The Kier molecular flexibility index (Phi) is 4.43. The molecule has 1 fully saturated rings. The predicted octanol–water partition coefficient (Wildman–Crippen LogP) is 3.55. The number of rotatable bonds is 5. The van der Waals surface area contributed by atoms with Crippen molar-refractivity contribution >= 4 is 5.69 Å². The summed E-state index contributed by atoms with van der Waals surface area (Å²) in [5, 5.41) is 14.5. The van der Waals surface area contributed by atoms with Gasteiger partial charge in [-0.25, -0.2) is 0 Å². The zero-order valence-corrected chi connectivity index (χ0v) is 12.6. The first kappa shape index (κ1) is 15.0. The van der Waals surface area contributed by atoms with Crippen LogP contribution in [0.3, 0.4) is 0 Å². The standard InChI is InChI=1S/C16H24N2O2/c1-16(2)10-6-8-13(16)14(17-3)11-12-7-4-5-9-15(12)18(19)20/h4-5,7,9,13-14,17H,6,8,10-11H2,1-3H3. The van der Waals surface area contributed by atoms with Crippen LogP contribution in [0.2, 0.25) is 0 Å². The van der Waals surface area contributed by atoms with Crippen LogP contribution in [0, 0.1) is 21.4 Å². The Morgan fingerprint density at radius 1 is 1.45 bits per heavy atom. The minimum Gasteiger partial charge on any atom is -0.316 e. The third-order valence-electron chi connectivity index (χ3n) is 4.82.